The van der Waals surface area contributed by atoms with E-state index in [0.717, 1.165) is 32.4 Å². The first-order chi connectivity index (χ1) is 8.19. The van der Waals surface area contributed by atoms with Crippen molar-refractivity contribution in [3.05, 3.63) is 0 Å². The van der Waals surface area contributed by atoms with Crippen LogP contribution < -0.4 is 0 Å². The third-order valence-electron chi connectivity index (χ3n) is 3.89. The van der Waals surface area contributed by atoms with Gasteiger partial charge in [-0.3, -0.25) is 4.79 Å². The van der Waals surface area contributed by atoms with Crippen LogP contribution in [0.15, 0.2) is 0 Å². The van der Waals surface area contributed by atoms with Gasteiger partial charge in [-0.25, -0.2) is 0 Å². The number of rotatable bonds is 3. The fourth-order valence-electron chi connectivity index (χ4n) is 2.82. The summed E-state index contributed by atoms with van der Waals surface area (Å²) in [6.07, 6.45) is 2.94. The van der Waals surface area contributed by atoms with E-state index in [9.17, 15) is 4.79 Å². The van der Waals surface area contributed by atoms with Crippen molar-refractivity contribution in [3.8, 4) is 0 Å². The van der Waals surface area contributed by atoms with Crippen LogP contribution in [0.25, 0.3) is 0 Å². The van der Waals surface area contributed by atoms with Crippen molar-refractivity contribution in [3.63, 3.8) is 0 Å². The third kappa shape index (κ3) is 2.47. The van der Waals surface area contributed by atoms with Gasteiger partial charge in [0.15, 0.2) is 0 Å². The molecule has 1 amide bonds. The highest BCUT2D eigenvalue weighted by atomic mass is 16.5. The number of morpholine rings is 1. The number of hydrogen-bond donors (Lipinski definition) is 0. The smallest absolute Gasteiger partial charge is 0.226 e. The molecule has 0 saturated carbocycles. The predicted molar refractivity (Wildman–Crippen MR) is 64.8 cm³/mol. The molecule has 4 heteroatoms. The summed E-state index contributed by atoms with van der Waals surface area (Å²) in [4.78, 5) is 14.5. The average Bonchev–Trinajstić information content (AvgIpc) is 2.78. The number of ether oxygens (including phenoxy) is 2. The molecule has 17 heavy (non-hydrogen) atoms. The lowest BCUT2D eigenvalue weighted by Crippen LogP contribution is -2.60. The van der Waals surface area contributed by atoms with E-state index in [4.69, 9.17) is 9.47 Å². The largest absolute Gasteiger partial charge is 0.379 e. The molecule has 2 rings (SSSR count). The Balaban J connectivity index is 2.08. The lowest BCUT2D eigenvalue weighted by atomic mass is 9.93. The molecule has 0 aromatic rings. The molecule has 2 aliphatic rings. The maximum atomic E-state index is 12.5. The van der Waals surface area contributed by atoms with Crippen molar-refractivity contribution >= 4 is 5.91 Å². The van der Waals surface area contributed by atoms with Gasteiger partial charge >= 0.3 is 0 Å². The normalized spacial score (nSPS) is 30.8. The van der Waals surface area contributed by atoms with Crippen LogP contribution in [0.5, 0.6) is 0 Å². The van der Waals surface area contributed by atoms with Crippen LogP contribution in [-0.4, -0.2) is 49.3 Å². The molecule has 0 aromatic carbocycles. The molecule has 2 saturated heterocycles. The van der Waals surface area contributed by atoms with E-state index >= 15 is 0 Å². The van der Waals surface area contributed by atoms with Gasteiger partial charge < -0.3 is 14.4 Å². The Bertz CT molecular complexity index is 274. The first kappa shape index (κ1) is 12.8. The van der Waals surface area contributed by atoms with Crippen molar-refractivity contribution in [2.75, 3.05) is 33.0 Å². The van der Waals surface area contributed by atoms with Crippen LogP contribution in [0.2, 0.25) is 0 Å². The van der Waals surface area contributed by atoms with E-state index < -0.39 is 0 Å². The molecule has 0 unspecified atom stereocenters. The van der Waals surface area contributed by atoms with E-state index in [-0.39, 0.29) is 17.4 Å². The van der Waals surface area contributed by atoms with Crippen LogP contribution in [0.3, 0.4) is 0 Å². The van der Waals surface area contributed by atoms with E-state index in [1.807, 2.05) is 11.8 Å². The monoisotopic (exact) mass is 241 g/mol. The van der Waals surface area contributed by atoms with Gasteiger partial charge in [-0.05, 0) is 12.8 Å². The molecule has 4 nitrogen and oxygen atoms in total. The summed E-state index contributed by atoms with van der Waals surface area (Å²) in [6.45, 7) is 7.55. The Labute approximate surface area is 103 Å². The van der Waals surface area contributed by atoms with E-state index in [0.29, 0.717) is 19.8 Å². The SMILES string of the molecule is CCC[C@@H](C)C(=O)N1CCOC[C@]12CCOC2. The second-order valence-electron chi connectivity index (χ2n) is 5.26. The zero-order chi connectivity index (χ0) is 12.3. The van der Waals surface area contributed by atoms with Gasteiger partial charge in [0.05, 0.1) is 25.4 Å². The highest BCUT2D eigenvalue weighted by Gasteiger charge is 2.46. The highest BCUT2D eigenvalue weighted by Crippen LogP contribution is 2.31. The van der Waals surface area contributed by atoms with Crippen molar-refractivity contribution in [1.29, 1.82) is 0 Å². The van der Waals surface area contributed by atoms with Crippen LogP contribution in [0, 0.1) is 5.92 Å². The van der Waals surface area contributed by atoms with Crippen molar-refractivity contribution in [2.24, 2.45) is 5.92 Å². The highest BCUT2D eigenvalue weighted by molar-refractivity contribution is 5.79. The second-order valence-corrected chi connectivity index (χ2v) is 5.26. The van der Waals surface area contributed by atoms with Gasteiger partial charge in [0.25, 0.3) is 0 Å². The van der Waals surface area contributed by atoms with Crippen molar-refractivity contribution in [2.45, 2.75) is 38.6 Å². The third-order valence-corrected chi connectivity index (χ3v) is 3.89. The molecule has 2 atom stereocenters. The molecule has 0 N–H and O–H groups in total. The van der Waals surface area contributed by atoms with E-state index in [1.54, 1.807) is 0 Å². The number of hydrogen-bond acceptors (Lipinski definition) is 3. The summed E-state index contributed by atoms with van der Waals surface area (Å²) in [5.41, 5.74) is -0.169. The van der Waals surface area contributed by atoms with Crippen molar-refractivity contribution < 1.29 is 14.3 Å². The summed E-state index contributed by atoms with van der Waals surface area (Å²) >= 11 is 0. The topological polar surface area (TPSA) is 38.8 Å². The minimum atomic E-state index is -0.169. The summed E-state index contributed by atoms with van der Waals surface area (Å²) in [5.74, 6) is 0.399. The Hall–Kier alpha value is -0.610. The first-order valence-electron chi connectivity index (χ1n) is 6.66. The maximum absolute atomic E-state index is 12.5. The number of carbonyl (C=O) groups is 1. The molecule has 1 spiro atoms. The molecular weight excluding hydrogens is 218 g/mol. The van der Waals surface area contributed by atoms with Gasteiger partial charge in [-0.15, -0.1) is 0 Å². The Morgan fingerprint density at radius 3 is 2.71 bits per heavy atom. The van der Waals surface area contributed by atoms with Gasteiger partial charge in [-0.1, -0.05) is 20.3 Å². The molecule has 2 fully saturated rings. The van der Waals surface area contributed by atoms with E-state index in [2.05, 4.69) is 6.92 Å². The fraction of sp³-hybridized carbons (Fsp3) is 0.923. The fourth-order valence-corrected chi connectivity index (χ4v) is 2.82. The van der Waals surface area contributed by atoms with Crippen molar-refractivity contribution in [1.82, 2.24) is 4.90 Å². The Kier molecular flexibility index (Phi) is 4.05. The molecular formula is C13H23NO3. The molecule has 98 valence electrons. The van der Waals surface area contributed by atoms with E-state index in [1.165, 1.54) is 0 Å². The summed E-state index contributed by atoms with van der Waals surface area (Å²) in [7, 11) is 0. The lowest BCUT2D eigenvalue weighted by Gasteiger charge is -2.44. The molecule has 0 radical (unpaired) electrons. The van der Waals surface area contributed by atoms with Gasteiger partial charge in [0.2, 0.25) is 5.91 Å². The number of amides is 1. The average molecular weight is 241 g/mol. The first-order valence-corrected chi connectivity index (χ1v) is 6.66. The minimum absolute atomic E-state index is 0.121. The summed E-state index contributed by atoms with van der Waals surface area (Å²) < 4.78 is 11.0. The quantitative estimate of drug-likeness (QED) is 0.750. The second kappa shape index (κ2) is 5.36. The minimum Gasteiger partial charge on any atom is -0.379 e. The van der Waals surface area contributed by atoms with Gasteiger partial charge in [0.1, 0.15) is 0 Å². The molecule has 0 aliphatic carbocycles. The molecule has 0 bridgehead atoms. The summed E-state index contributed by atoms with van der Waals surface area (Å²) in [6, 6.07) is 0. The standard InChI is InChI=1S/C13H23NO3/c1-3-4-11(2)12(15)14-6-8-17-10-13(14)5-7-16-9-13/h11H,3-10H2,1-2H3/t11-,13-/m1/s1. The molecule has 2 heterocycles. The van der Waals surface area contributed by atoms with Crippen LogP contribution >= 0.6 is 0 Å². The predicted octanol–water partition coefficient (Wildman–Crippen LogP) is 1.44. The number of nitrogens with zero attached hydrogens (tertiary/aromatic N) is 1. The zero-order valence-electron chi connectivity index (χ0n) is 10.9. The molecule has 0 aromatic heterocycles. The lowest BCUT2D eigenvalue weighted by molar-refractivity contribution is -0.153. The van der Waals surface area contributed by atoms with Gasteiger partial charge in [-0.2, -0.15) is 0 Å². The number of carbonyl (C=O) groups excluding carboxylic acids is 1. The Morgan fingerprint density at radius 2 is 2.06 bits per heavy atom. The maximum Gasteiger partial charge on any atom is 0.226 e. The van der Waals surface area contributed by atoms with Crippen LogP contribution in [0.1, 0.15) is 33.1 Å². The zero-order valence-corrected chi connectivity index (χ0v) is 10.9. The van der Waals surface area contributed by atoms with Crippen LogP contribution in [0.4, 0.5) is 0 Å². The summed E-state index contributed by atoms with van der Waals surface area (Å²) in [5, 5.41) is 0. The van der Waals surface area contributed by atoms with Crippen LogP contribution in [-0.2, 0) is 14.3 Å². The van der Waals surface area contributed by atoms with Gasteiger partial charge in [0, 0.05) is 19.1 Å². The molecule has 2 aliphatic heterocycles. The Morgan fingerprint density at radius 1 is 1.35 bits per heavy atom.